The normalized spacial score (nSPS) is 24.6. The van der Waals surface area contributed by atoms with Crippen LogP contribution in [0.4, 0.5) is 13.2 Å². The third kappa shape index (κ3) is 3.91. The number of hydrogen-bond donors (Lipinski definition) is 0. The highest BCUT2D eigenvalue weighted by molar-refractivity contribution is 6.49. The van der Waals surface area contributed by atoms with Gasteiger partial charge in [0.1, 0.15) is 6.10 Å². The predicted molar refractivity (Wildman–Crippen MR) is 73.6 cm³/mol. The van der Waals surface area contributed by atoms with Crippen molar-refractivity contribution in [2.45, 2.75) is 44.3 Å². The van der Waals surface area contributed by atoms with Gasteiger partial charge in [-0.3, -0.25) is 14.4 Å². The Morgan fingerprint density at radius 1 is 1.09 bits per heavy atom. The van der Waals surface area contributed by atoms with Gasteiger partial charge in [0.15, 0.2) is 0 Å². The van der Waals surface area contributed by atoms with Crippen molar-refractivity contribution < 1.29 is 37.0 Å². The maximum atomic E-state index is 13.1. The highest BCUT2D eigenvalue weighted by atomic mass is 35.5. The molecule has 0 saturated heterocycles. The molecule has 1 unspecified atom stereocenters. The largest absolute Gasteiger partial charge is 0.459 e. The van der Waals surface area contributed by atoms with Gasteiger partial charge in [-0.05, 0) is 5.41 Å². The van der Waals surface area contributed by atoms with Gasteiger partial charge in [0.05, 0.1) is 5.92 Å². The molecule has 5 nitrogen and oxygen atoms in total. The number of hydrogen-bond acceptors (Lipinski definition) is 5. The van der Waals surface area contributed by atoms with E-state index in [1.807, 2.05) is 0 Å². The van der Waals surface area contributed by atoms with Crippen molar-refractivity contribution in [1.29, 1.82) is 0 Å². The number of carbonyl (C=O) groups is 3. The molecule has 132 valence electrons. The minimum Gasteiger partial charge on any atom is -0.459 e. The van der Waals surface area contributed by atoms with Crippen molar-refractivity contribution in [2.24, 2.45) is 17.3 Å². The molecule has 1 rings (SSSR count). The highest BCUT2D eigenvalue weighted by Gasteiger charge is 2.74. The lowest BCUT2D eigenvalue weighted by Crippen LogP contribution is -2.49. The van der Waals surface area contributed by atoms with Crippen LogP contribution in [0.2, 0.25) is 0 Å². The monoisotopic (exact) mass is 378 g/mol. The van der Waals surface area contributed by atoms with Crippen molar-refractivity contribution >= 4 is 41.1 Å². The van der Waals surface area contributed by atoms with Gasteiger partial charge >= 0.3 is 24.1 Å². The lowest BCUT2D eigenvalue weighted by molar-refractivity contribution is -0.182. The fourth-order valence-corrected chi connectivity index (χ4v) is 2.97. The second kappa shape index (κ2) is 6.12. The van der Waals surface area contributed by atoms with Crippen LogP contribution < -0.4 is 0 Å². The van der Waals surface area contributed by atoms with Gasteiger partial charge < -0.3 is 9.47 Å². The summed E-state index contributed by atoms with van der Waals surface area (Å²) in [6, 6.07) is 0. The van der Waals surface area contributed by atoms with Crippen LogP contribution in [0.15, 0.2) is 0 Å². The molecule has 0 aromatic rings. The first-order valence-corrected chi connectivity index (χ1v) is 7.23. The van der Waals surface area contributed by atoms with Crippen LogP contribution in [-0.4, -0.2) is 34.5 Å². The summed E-state index contributed by atoms with van der Waals surface area (Å²) in [7, 11) is 0. The summed E-state index contributed by atoms with van der Waals surface area (Å²) in [6.07, 6.45) is -7.13. The summed E-state index contributed by atoms with van der Waals surface area (Å²) in [4.78, 5) is 33.9. The smallest absolute Gasteiger partial charge is 0.425 e. The van der Waals surface area contributed by atoms with E-state index < -0.39 is 51.8 Å². The van der Waals surface area contributed by atoms with E-state index >= 15 is 0 Å². The third-order valence-electron chi connectivity index (χ3n) is 3.76. The molecular weight excluding hydrogens is 364 g/mol. The van der Waals surface area contributed by atoms with Crippen molar-refractivity contribution in [3.8, 4) is 0 Å². The summed E-state index contributed by atoms with van der Waals surface area (Å²) in [5, 5.41) is 0. The molecule has 10 heteroatoms. The third-order valence-corrected chi connectivity index (χ3v) is 4.62. The molecule has 0 aliphatic heterocycles. The summed E-state index contributed by atoms with van der Waals surface area (Å²) in [5.41, 5.74) is -1.05. The van der Waals surface area contributed by atoms with Crippen LogP contribution in [0.25, 0.3) is 0 Å². The highest BCUT2D eigenvalue weighted by Crippen LogP contribution is 2.65. The lowest BCUT2D eigenvalue weighted by Gasteiger charge is -2.32. The van der Waals surface area contributed by atoms with Gasteiger partial charge in [0.25, 0.3) is 0 Å². The second-order valence-corrected chi connectivity index (χ2v) is 7.27. The van der Waals surface area contributed by atoms with Crippen LogP contribution in [0.3, 0.4) is 0 Å². The van der Waals surface area contributed by atoms with Crippen LogP contribution >= 0.6 is 23.2 Å². The minimum absolute atomic E-state index is 0.894. The predicted octanol–water partition coefficient (Wildman–Crippen LogP) is 3.02. The van der Waals surface area contributed by atoms with E-state index in [0.717, 1.165) is 13.8 Å². The van der Waals surface area contributed by atoms with E-state index in [4.69, 9.17) is 23.2 Å². The Morgan fingerprint density at radius 2 is 1.57 bits per heavy atom. The van der Waals surface area contributed by atoms with Gasteiger partial charge in [-0.2, -0.15) is 13.2 Å². The van der Waals surface area contributed by atoms with Gasteiger partial charge in [-0.1, -0.05) is 37.0 Å². The number of ether oxygens (including phenoxy) is 2. The summed E-state index contributed by atoms with van der Waals surface area (Å²) in [5.74, 6) is -5.23. The van der Waals surface area contributed by atoms with Crippen molar-refractivity contribution in [3.05, 3.63) is 0 Å². The van der Waals surface area contributed by atoms with Gasteiger partial charge in [0, 0.05) is 19.8 Å². The number of rotatable bonds is 4. The van der Waals surface area contributed by atoms with Gasteiger partial charge in [-0.25, -0.2) is 0 Å². The molecule has 0 amide bonds. The van der Waals surface area contributed by atoms with Crippen molar-refractivity contribution in [2.75, 3.05) is 0 Å². The zero-order valence-corrected chi connectivity index (χ0v) is 14.2. The van der Waals surface area contributed by atoms with E-state index in [1.165, 1.54) is 13.8 Å². The summed E-state index contributed by atoms with van der Waals surface area (Å²) >= 11 is 10.8. The molecule has 1 saturated carbocycles. The fraction of sp³-hybridized carbons (Fsp3) is 0.769. The topological polar surface area (TPSA) is 69.7 Å². The molecule has 0 spiro atoms. The van der Waals surface area contributed by atoms with Crippen LogP contribution in [0, 0.1) is 17.3 Å². The zero-order valence-electron chi connectivity index (χ0n) is 12.7. The Balaban J connectivity index is 3.17. The molecule has 23 heavy (non-hydrogen) atoms. The van der Waals surface area contributed by atoms with Crippen molar-refractivity contribution in [1.82, 2.24) is 0 Å². The van der Waals surface area contributed by atoms with E-state index in [1.54, 1.807) is 0 Å². The van der Waals surface area contributed by atoms with E-state index in [0.29, 0.717) is 0 Å². The minimum atomic E-state index is -5.11. The van der Waals surface area contributed by atoms with Crippen LogP contribution in [0.5, 0.6) is 0 Å². The Kier molecular flexibility index (Phi) is 5.33. The van der Waals surface area contributed by atoms with E-state index in [-0.39, 0.29) is 0 Å². The van der Waals surface area contributed by atoms with Crippen LogP contribution in [0.1, 0.15) is 27.7 Å². The molecule has 0 bridgehead atoms. The number of esters is 3. The van der Waals surface area contributed by atoms with Gasteiger partial charge in [0.2, 0.25) is 4.33 Å². The SMILES string of the molecule is CC(=O)OC(=O)[C@@H]1[C@H](C(OC(C)=O)C(Cl)(Cl)C(F)(F)F)C1(C)C. The Hall–Kier alpha value is -1.02. The first-order chi connectivity index (χ1) is 10.1. The zero-order chi connectivity index (χ0) is 18.4. The Morgan fingerprint density at radius 3 is 1.91 bits per heavy atom. The lowest BCUT2D eigenvalue weighted by atomic mass is 10.0. The molecule has 0 aromatic heterocycles. The summed E-state index contributed by atoms with van der Waals surface area (Å²) < 4.78 is 44.9. The Bertz CT molecular complexity index is 530. The summed E-state index contributed by atoms with van der Waals surface area (Å²) in [6.45, 7) is 4.79. The first kappa shape index (κ1) is 20.0. The maximum Gasteiger partial charge on any atom is 0.425 e. The molecule has 0 radical (unpaired) electrons. The van der Waals surface area contributed by atoms with E-state index in [9.17, 15) is 27.6 Å². The number of carbonyl (C=O) groups excluding carboxylic acids is 3. The standard InChI is InChI=1S/C13H15Cl2F3O5/c1-5(19)22-9(12(14,15)13(16,17)18)7-8(11(7,3)4)10(21)23-6(2)20/h7-9H,1-4H3/t7-,8+,9?/m1/s1. The molecule has 1 aliphatic carbocycles. The molecule has 0 N–H and O–H groups in total. The first-order valence-electron chi connectivity index (χ1n) is 6.48. The van der Waals surface area contributed by atoms with Crippen molar-refractivity contribution in [3.63, 3.8) is 0 Å². The average molecular weight is 379 g/mol. The van der Waals surface area contributed by atoms with Crippen LogP contribution in [-0.2, 0) is 23.9 Å². The molecule has 1 fully saturated rings. The second-order valence-electron chi connectivity index (χ2n) is 5.89. The molecular formula is C13H15Cl2F3O5. The van der Waals surface area contributed by atoms with Gasteiger partial charge in [-0.15, -0.1) is 0 Å². The molecule has 3 atom stereocenters. The fourth-order valence-electron chi connectivity index (χ4n) is 2.61. The molecule has 0 aromatic carbocycles. The molecule has 0 heterocycles. The maximum absolute atomic E-state index is 13.1. The van der Waals surface area contributed by atoms with E-state index in [2.05, 4.69) is 9.47 Å². The number of halogens is 5. The number of alkyl halides is 5. The quantitative estimate of drug-likeness (QED) is 0.427. The average Bonchev–Trinajstić information content (AvgIpc) is 2.85. The Labute approximate surface area is 140 Å². The molecule has 1 aliphatic rings.